The average molecular weight is 655 g/mol. The van der Waals surface area contributed by atoms with Gasteiger partial charge in [-0.05, 0) is 111 Å². The quantitative estimate of drug-likeness (QED) is 0.150. The first-order valence-corrected chi connectivity index (χ1v) is 17.5. The molecule has 5 fully saturated rings. The highest BCUT2D eigenvalue weighted by atomic mass is 16.7. The zero-order valence-corrected chi connectivity index (χ0v) is 29.1. The van der Waals surface area contributed by atoms with E-state index in [-0.39, 0.29) is 39.9 Å². The van der Waals surface area contributed by atoms with Gasteiger partial charge in [-0.2, -0.15) is 0 Å². The van der Waals surface area contributed by atoms with E-state index in [9.17, 15) is 40.9 Å². The summed E-state index contributed by atoms with van der Waals surface area (Å²) in [6.45, 7) is 15.6. The third-order valence-electron chi connectivity index (χ3n) is 14.2. The minimum Gasteiger partial charge on any atom is -0.394 e. The van der Waals surface area contributed by atoms with Crippen LogP contribution in [-0.4, -0.2) is 108 Å². The lowest BCUT2D eigenvalue weighted by Crippen LogP contribution is -2.71. The summed E-state index contributed by atoms with van der Waals surface area (Å²) in [5.74, 6) is -0.516. The Morgan fingerprint density at radius 3 is 2.13 bits per heavy atom. The molecule has 10 heteroatoms. The molecule has 1 heterocycles. The summed E-state index contributed by atoms with van der Waals surface area (Å²) >= 11 is 0. The molecule has 5 aliphatic rings. The Balaban J connectivity index is 1.54. The second-order valence-corrected chi connectivity index (χ2v) is 17.9. The van der Waals surface area contributed by atoms with Crippen molar-refractivity contribution in [2.45, 2.75) is 161 Å². The summed E-state index contributed by atoms with van der Waals surface area (Å²) in [4.78, 5) is 0. The molecule has 1 saturated heterocycles. The van der Waals surface area contributed by atoms with E-state index >= 15 is 0 Å². The van der Waals surface area contributed by atoms with Gasteiger partial charge in [0, 0.05) is 0 Å². The first-order valence-electron chi connectivity index (χ1n) is 17.5. The molecule has 8 N–H and O–H groups in total. The van der Waals surface area contributed by atoms with Crippen LogP contribution in [0.5, 0.6) is 0 Å². The molecule has 4 saturated carbocycles. The van der Waals surface area contributed by atoms with Crippen molar-refractivity contribution in [1.29, 1.82) is 0 Å². The Labute approximate surface area is 274 Å². The van der Waals surface area contributed by atoms with E-state index in [1.54, 1.807) is 26.8 Å². The number of hydrogen-bond acceptors (Lipinski definition) is 10. The van der Waals surface area contributed by atoms with Gasteiger partial charge in [-0.25, -0.2) is 0 Å². The van der Waals surface area contributed by atoms with Gasteiger partial charge in [-0.15, -0.1) is 0 Å². The van der Waals surface area contributed by atoms with Crippen molar-refractivity contribution in [3.8, 4) is 0 Å². The van der Waals surface area contributed by atoms with Crippen LogP contribution in [0.15, 0.2) is 12.2 Å². The first kappa shape index (κ1) is 36.6. The van der Waals surface area contributed by atoms with Gasteiger partial charge in [0.15, 0.2) is 6.29 Å². The fraction of sp³-hybridized carbons (Fsp3) is 0.944. The van der Waals surface area contributed by atoms with Gasteiger partial charge in [-0.1, -0.05) is 46.8 Å². The molecular weight excluding hydrogens is 592 g/mol. The van der Waals surface area contributed by atoms with Gasteiger partial charge < -0.3 is 50.3 Å². The van der Waals surface area contributed by atoms with Crippen molar-refractivity contribution < 1.29 is 50.3 Å². The SMILES string of the molecule is CC(C)(O)C/C=C/[C@](C)(O)[C@H]1CC[C@]2(C)[C@@H]1[C@H](O)C[C@@H]1[C@@]3(C)CC[C@H](O)C(C)(C)[C@@H]3[C@@H](O[C@@H]3O[C@H](CO)[C@@H](O)[C@H](O)[C@H]3O)C[C@]12C. The number of fused-ring (bicyclic) bond motifs is 5. The van der Waals surface area contributed by atoms with Gasteiger partial charge >= 0.3 is 0 Å². The normalized spacial score (nSPS) is 52.1. The fourth-order valence-electron chi connectivity index (χ4n) is 11.7. The second-order valence-electron chi connectivity index (χ2n) is 17.9. The highest BCUT2D eigenvalue weighted by molar-refractivity contribution is 5.23. The predicted molar refractivity (Wildman–Crippen MR) is 171 cm³/mol. The highest BCUT2D eigenvalue weighted by Gasteiger charge is 2.73. The van der Waals surface area contributed by atoms with Crippen molar-refractivity contribution in [2.24, 2.45) is 45.3 Å². The van der Waals surface area contributed by atoms with E-state index in [1.165, 1.54) is 0 Å². The standard InChI is InChI=1S/C36H62O10/c1-31(2,43)12-9-13-36(8,44)19-10-15-34(6)25(19)20(38)16-23-33(5)14-11-24(39)32(3,4)29(33)21(17-35(23,34)7)45-30-28(42)27(41)26(40)22(18-37)46-30/h9,13,19-30,37-44H,10-12,14-18H2,1-8H3/b13-9+/t19-,20+,21-,22+,23+,24-,25-,26+,27-,28+,29-,30+,33+,34+,35+,36-/m0/s1. The lowest BCUT2D eigenvalue weighted by molar-refractivity contribution is -0.346. The van der Waals surface area contributed by atoms with Crippen molar-refractivity contribution in [3.05, 3.63) is 12.2 Å². The van der Waals surface area contributed by atoms with Crippen molar-refractivity contribution in [3.63, 3.8) is 0 Å². The van der Waals surface area contributed by atoms with Crippen LogP contribution in [0.3, 0.4) is 0 Å². The predicted octanol–water partition coefficient (Wildman–Crippen LogP) is 2.27. The Kier molecular flexibility index (Phi) is 9.55. The van der Waals surface area contributed by atoms with Crippen LogP contribution >= 0.6 is 0 Å². The second kappa shape index (κ2) is 12.0. The van der Waals surface area contributed by atoms with Crippen molar-refractivity contribution in [2.75, 3.05) is 6.61 Å². The van der Waals surface area contributed by atoms with Gasteiger partial charge in [0.05, 0.1) is 36.1 Å². The van der Waals surface area contributed by atoms with Crippen LogP contribution in [0, 0.1) is 45.3 Å². The summed E-state index contributed by atoms with van der Waals surface area (Å²) in [6, 6.07) is 0. The minimum absolute atomic E-state index is 0.0807. The topological polar surface area (TPSA) is 180 Å². The Bertz CT molecular complexity index is 1130. The molecular formula is C36H62O10. The Morgan fingerprint density at radius 1 is 0.870 bits per heavy atom. The van der Waals surface area contributed by atoms with Gasteiger partial charge in [-0.3, -0.25) is 0 Å². The lowest BCUT2D eigenvalue weighted by atomic mass is 9.34. The smallest absolute Gasteiger partial charge is 0.186 e. The molecule has 1 aliphatic heterocycles. The van der Waals surface area contributed by atoms with Crippen LogP contribution in [0.2, 0.25) is 0 Å². The van der Waals surface area contributed by atoms with E-state index in [0.717, 1.165) is 19.3 Å². The van der Waals surface area contributed by atoms with Crippen molar-refractivity contribution >= 4 is 0 Å². The largest absolute Gasteiger partial charge is 0.394 e. The molecule has 266 valence electrons. The fourth-order valence-corrected chi connectivity index (χ4v) is 11.7. The zero-order valence-electron chi connectivity index (χ0n) is 29.1. The molecule has 0 spiro atoms. The number of hydrogen-bond donors (Lipinski definition) is 8. The van der Waals surface area contributed by atoms with Crippen LogP contribution in [-0.2, 0) is 9.47 Å². The van der Waals surface area contributed by atoms with Crippen LogP contribution in [0.1, 0.15) is 100 Å². The van der Waals surface area contributed by atoms with Crippen molar-refractivity contribution in [1.82, 2.24) is 0 Å². The van der Waals surface area contributed by atoms with E-state index in [0.29, 0.717) is 25.7 Å². The van der Waals surface area contributed by atoms with E-state index in [2.05, 4.69) is 34.6 Å². The third-order valence-corrected chi connectivity index (χ3v) is 14.2. The summed E-state index contributed by atoms with van der Waals surface area (Å²) in [6.07, 6.45) is -0.744. The molecule has 0 unspecified atom stereocenters. The van der Waals surface area contributed by atoms with Gasteiger partial charge in [0.1, 0.15) is 24.4 Å². The molecule has 0 radical (unpaired) electrons. The lowest BCUT2D eigenvalue weighted by Gasteiger charge is -2.72. The Hall–Kier alpha value is -0.660. The maximum absolute atomic E-state index is 12.1. The average Bonchev–Trinajstić information content (AvgIpc) is 3.32. The molecule has 0 aromatic rings. The Morgan fingerprint density at radius 2 is 1.52 bits per heavy atom. The summed E-state index contributed by atoms with van der Waals surface area (Å²) < 4.78 is 12.6. The number of rotatable bonds is 7. The molecule has 16 atom stereocenters. The van der Waals surface area contributed by atoms with Crippen LogP contribution in [0.4, 0.5) is 0 Å². The molecule has 0 amide bonds. The zero-order chi connectivity index (χ0) is 34.4. The summed E-state index contributed by atoms with van der Waals surface area (Å²) in [5.41, 5.74) is -3.80. The molecule has 0 bridgehead atoms. The van der Waals surface area contributed by atoms with E-state index in [4.69, 9.17) is 9.47 Å². The summed E-state index contributed by atoms with van der Waals surface area (Å²) in [5, 5.41) is 87.3. The maximum Gasteiger partial charge on any atom is 0.186 e. The monoisotopic (exact) mass is 654 g/mol. The molecule has 5 rings (SSSR count). The van der Waals surface area contributed by atoms with Gasteiger partial charge in [0.25, 0.3) is 0 Å². The first-order chi connectivity index (χ1) is 21.0. The number of ether oxygens (including phenoxy) is 2. The minimum atomic E-state index is -1.56. The van der Waals surface area contributed by atoms with Crippen LogP contribution in [0.25, 0.3) is 0 Å². The molecule has 0 aromatic carbocycles. The van der Waals surface area contributed by atoms with Gasteiger partial charge in [0.2, 0.25) is 0 Å². The number of aliphatic hydroxyl groups is 8. The van der Waals surface area contributed by atoms with E-state index in [1.807, 2.05) is 6.08 Å². The van der Waals surface area contributed by atoms with Crippen LogP contribution < -0.4 is 0 Å². The summed E-state index contributed by atoms with van der Waals surface area (Å²) in [7, 11) is 0. The van der Waals surface area contributed by atoms with E-state index < -0.39 is 72.2 Å². The maximum atomic E-state index is 12.1. The number of aliphatic hydroxyl groups excluding tert-OH is 6. The molecule has 0 aromatic heterocycles. The molecule has 46 heavy (non-hydrogen) atoms. The third kappa shape index (κ3) is 5.64. The molecule has 4 aliphatic carbocycles. The molecule has 10 nitrogen and oxygen atoms in total. The highest BCUT2D eigenvalue weighted by Crippen LogP contribution is 2.76.